The number of carbonyl (C=O) groups excluding carboxylic acids is 2. The average Bonchev–Trinajstić information content (AvgIpc) is 3.85. The lowest BCUT2D eigenvalue weighted by Crippen LogP contribution is -2.14. The number of allylic oxidation sites excluding steroid dienone is 1. The van der Waals surface area contributed by atoms with E-state index < -0.39 is 0 Å². The van der Waals surface area contributed by atoms with Gasteiger partial charge < -0.3 is 10.6 Å². The molecule has 198 valence electrons. The summed E-state index contributed by atoms with van der Waals surface area (Å²) in [5.41, 5.74) is 5.58. The lowest BCUT2D eigenvalue weighted by Gasteiger charge is -2.12. The molecule has 3 aromatic heterocycles. The fraction of sp³-hybridized carbons (Fsp3) is 0.300. The second kappa shape index (κ2) is 11.5. The van der Waals surface area contributed by atoms with Gasteiger partial charge in [-0.15, -0.1) is 0 Å². The highest BCUT2D eigenvalue weighted by Crippen LogP contribution is 2.39. The van der Waals surface area contributed by atoms with Crippen LogP contribution in [0.5, 0.6) is 0 Å². The maximum absolute atomic E-state index is 13.0. The van der Waals surface area contributed by atoms with Crippen molar-refractivity contribution in [1.29, 1.82) is 0 Å². The molecule has 2 aliphatic carbocycles. The van der Waals surface area contributed by atoms with Crippen molar-refractivity contribution in [2.75, 3.05) is 17.2 Å². The first kappa shape index (κ1) is 26.1. The molecule has 0 aliphatic heterocycles. The number of rotatable bonds is 10. The van der Waals surface area contributed by atoms with Gasteiger partial charge in [-0.2, -0.15) is 0 Å². The molecule has 3 heterocycles. The van der Waals surface area contributed by atoms with E-state index in [1.54, 1.807) is 30.7 Å². The molecule has 2 aliphatic rings. The van der Waals surface area contributed by atoms with Crippen molar-refractivity contribution in [2.45, 2.75) is 45.4 Å². The van der Waals surface area contributed by atoms with Gasteiger partial charge in [-0.3, -0.25) is 29.5 Å². The maximum Gasteiger partial charge on any atom is 0.255 e. The molecule has 0 aromatic carbocycles. The summed E-state index contributed by atoms with van der Waals surface area (Å²) in [6.07, 6.45) is 10.9. The standard InChI is InChI=1S/C30H31N7O2/c1-4-32-27(16-25(31-3)21-9-12-34-28(14-21)37-29(38)20-7-8-20)24-15-23(17-35-18(24)2)36-30(39)22-10-11-33-26(13-22)19-5-6-19/h9-17,19-20H,3-8H2,1-2H3,(H,36,39)(H,34,37,38)/b25-16-,32-27?. The molecule has 0 bridgehead atoms. The average molecular weight is 522 g/mol. The molecular weight excluding hydrogens is 490 g/mol. The molecule has 3 aromatic rings. The van der Waals surface area contributed by atoms with Crippen molar-refractivity contribution < 1.29 is 9.59 Å². The smallest absolute Gasteiger partial charge is 0.255 e. The van der Waals surface area contributed by atoms with E-state index >= 15 is 0 Å². The highest BCUT2D eigenvalue weighted by atomic mass is 16.2. The van der Waals surface area contributed by atoms with Crippen LogP contribution in [-0.4, -0.2) is 45.7 Å². The van der Waals surface area contributed by atoms with Gasteiger partial charge in [0.1, 0.15) is 5.82 Å². The van der Waals surface area contributed by atoms with E-state index in [4.69, 9.17) is 4.99 Å². The Morgan fingerprint density at radius 3 is 2.51 bits per heavy atom. The number of pyridine rings is 3. The first-order valence-corrected chi connectivity index (χ1v) is 13.2. The number of aliphatic imine (C=N–C) groups is 2. The predicted molar refractivity (Wildman–Crippen MR) is 153 cm³/mol. The summed E-state index contributed by atoms with van der Waals surface area (Å²) in [6.45, 7) is 8.12. The molecule has 0 unspecified atom stereocenters. The van der Waals surface area contributed by atoms with Crippen LogP contribution >= 0.6 is 0 Å². The van der Waals surface area contributed by atoms with E-state index in [9.17, 15) is 9.59 Å². The van der Waals surface area contributed by atoms with Crippen LogP contribution in [0, 0.1) is 12.8 Å². The van der Waals surface area contributed by atoms with Crippen LogP contribution in [0.1, 0.15) is 71.4 Å². The van der Waals surface area contributed by atoms with Gasteiger partial charge in [-0.05, 0) is 82.7 Å². The van der Waals surface area contributed by atoms with Gasteiger partial charge in [0, 0.05) is 58.9 Å². The monoisotopic (exact) mass is 521 g/mol. The normalized spacial score (nSPS) is 15.5. The van der Waals surface area contributed by atoms with Crippen molar-refractivity contribution in [3.8, 4) is 0 Å². The molecule has 2 saturated carbocycles. The van der Waals surface area contributed by atoms with E-state index in [1.807, 2.05) is 38.1 Å². The van der Waals surface area contributed by atoms with Gasteiger partial charge in [0.15, 0.2) is 0 Å². The quantitative estimate of drug-likeness (QED) is 0.355. The van der Waals surface area contributed by atoms with Crippen LogP contribution < -0.4 is 10.6 Å². The number of hydrogen-bond donors (Lipinski definition) is 2. The summed E-state index contributed by atoms with van der Waals surface area (Å²) in [4.78, 5) is 47.3. The van der Waals surface area contributed by atoms with Crippen molar-refractivity contribution in [1.82, 2.24) is 15.0 Å². The maximum atomic E-state index is 13.0. The van der Waals surface area contributed by atoms with Gasteiger partial charge in [-0.25, -0.2) is 4.98 Å². The van der Waals surface area contributed by atoms with Gasteiger partial charge in [0.25, 0.3) is 5.91 Å². The number of anilines is 2. The predicted octanol–water partition coefficient (Wildman–Crippen LogP) is 5.21. The van der Waals surface area contributed by atoms with E-state index in [1.165, 1.54) is 0 Å². The van der Waals surface area contributed by atoms with Crippen molar-refractivity contribution in [3.63, 3.8) is 0 Å². The van der Waals surface area contributed by atoms with Crippen LogP contribution in [0.15, 0.2) is 65.0 Å². The van der Waals surface area contributed by atoms with E-state index in [-0.39, 0.29) is 17.7 Å². The van der Waals surface area contributed by atoms with Crippen LogP contribution in [0.25, 0.3) is 5.70 Å². The molecule has 5 rings (SSSR count). The van der Waals surface area contributed by atoms with E-state index in [0.29, 0.717) is 40.9 Å². The topological polar surface area (TPSA) is 122 Å². The fourth-order valence-electron chi connectivity index (χ4n) is 4.22. The second-order valence-corrected chi connectivity index (χ2v) is 9.80. The zero-order valence-electron chi connectivity index (χ0n) is 22.1. The zero-order chi connectivity index (χ0) is 27.4. The summed E-state index contributed by atoms with van der Waals surface area (Å²) in [5, 5.41) is 5.83. The number of aromatic nitrogens is 3. The zero-order valence-corrected chi connectivity index (χ0v) is 22.1. The van der Waals surface area contributed by atoms with Crippen molar-refractivity contribution >= 4 is 41.4 Å². The lowest BCUT2D eigenvalue weighted by molar-refractivity contribution is -0.117. The Morgan fingerprint density at radius 2 is 1.79 bits per heavy atom. The number of carbonyl (C=O) groups is 2. The largest absolute Gasteiger partial charge is 0.321 e. The van der Waals surface area contributed by atoms with Crippen LogP contribution in [0.2, 0.25) is 0 Å². The van der Waals surface area contributed by atoms with Crippen LogP contribution in [0.3, 0.4) is 0 Å². The Hall–Kier alpha value is -4.53. The summed E-state index contributed by atoms with van der Waals surface area (Å²) in [6, 6.07) is 9.03. The molecular formula is C30H31N7O2. The minimum absolute atomic E-state index is 0.0129. The number of aryl methyl sites for hydroxylation is 1. The molecule has 9 nitrogen and oxygen atoms in total. The Kier molecular flexibility index (Phi) is 7.67. The molecule has 0 saturated heterocycles. The van der Waals surface area contributed by atoms with Gasteiger partial charge in [0.05, 0.1) is 23.3 Å². The summed E-state index contributed by atoms with van der Waals surface area (Å²) in [5.74, 6) is 0.779. The Balaban J connectivity index is 1.40. The third-order valence-corrected chi connectivity index (χ3v) is 6.69. The first-order chi connectivity index (χ1) is 18.9. The number of nitrogens with one attached hydrogen (secondary N) is 2. The third-order valence-electron chi connectivity index (χ3n) is 6.69. The highest BCUT2D eigenvalue weighted by molar-refractivity contribution is 6.14. The summed E-state index contributed by atoms with van der Waals surface area (Å²) >= 11 is 0. The SMILES string of the molecule is C=N/C(=C\C(=NCC)c1cc(NC(=O)c2ccnc(C3CC3)c2)cnc1C)c1ccnc(NC(=O)C2CC2)c1. The summed E-state index contributed by atoms with van der Waals surface area (Å²) < 4.78 is 0. The van der Waals surface area contributed by atoms with Gasteiger partial charge in [-0.1, -0.05) is 0 Å². The molecule has 2 N–H and O–H groups in total. The summed E-state index contributed by atoms with van der Waals surface area (Å²) in [7, 11) is 0. The molecule has 0 radical (unpaired) electrons. The van der Waals surface area contributed by atoms with Gasteiger partial charge >= 0.3 is 0 Å². The Bertz CT molecular complexity index is 1490. The van der Waals surface area contributed by atoms with E-state index in [0.717, 1.165) is 48.2 Å². The third kappa shape index (κ3) is 6.49. The minimum Gasteiger partial charge on any atom is -0.321 e. The highest BCUT2D eigenvalue weighted by Gasteiger charge is 2.30. The number of nitrogens with zero attached hydrogens (tertiary/aromatic N) is 5. The molecule has 0 atom stereocenters. The van der Waals surface area contributed by atoms with E-state index in [2.05, 4.69) is 37.3 Å². The van der Waals surface area contributed by atoms with Crippen molar-refractivity contribution in [2.24, 2.45) is 15.9 Å². The minimum atomic E-state index is -0.216. The Labute approximate surface area is 227 Å². The lowest BCUT2D eigenvalue weighted by atomic mass is 10.0. The fourth-order valence-corrected chi connectivity index (χ4v) is 4.22. The second-order valence-electron chi connectivity index (χ2n) is 9.80. The molecule has 0 spiro atoms. The van der Waals surface area contributed by atoms with Crippen LogP contribution in [0.4, 0.5) is 11.5 Å². The number of amides is 2. The molecule has 2 amide bonds. The van der Waals surface area contributed by atoms with Crippen LogP contribution in [-0.2, 0) is 4.79 Å². The molecule has 39 heavy (non-hydrogen) atoms. The molecule has 9 heteroatoms. The number of hydrogen-bond acceptors (Lipinski definition) is 7. The van der Waals surface area contributed by atoms with Gasteiger partial charge in [0.2, 0.25) is 5.91 Å². The Morgan fingerprint density at radius 1 is 1.03 bits per heavy atom. The van der Waals surface area contributed by atoms with Crippen molar-refractivity contribution in [3.05, 3.63) is 83.1 Å². The first-order valence-electron chi connectivity index (χ1n) is 13.2. The molecule has 2 fully saturated rings.